The van der Waals surface area contributed by atoms with Crippen molar-refractivity contribution in [3.63, 3.8) is 0 Å². The number of fused-ring (bicyclic) bond motifs is 1. The minimum atomic E-state index is 0.469. The molecule has 0 saturated carbocycles. The maximum Gasteiger partial charge on any atom is 0.0332 e. The molecule has 1 atom stereocenters. The molecule has 0 radical (unpaired) electrons. The van der Waals surface area contributed by atoms with Crippen LogP contribution in [0.3, 0.4) is 0 Å². The summed E-state index contributed by atoms with van der Waals surface area (Å²) in [5.41, 5.74) is 2.92. The Hall–Kier alpha value is -1.26. The molecule has 1 heteroatoms. The van der Waals surface area contributed by atoms with E-state index in [0.717, 1.165) is 25.8 Å². The average Bonchev–Trinajstić information content (AvgIpc) is 2.26. The van der Waals surface area contributed by atoms with E-state index in [1.54, 1.807) is 0 Å². The van der Waals surface area contributed by atoms with Crippen molar-refractivity contribution in [2.24, 2.45) is 0 Å². The zero-order chi connectivity index (χ0) is 9.80. The average molecular weight is 185 g/mol. The minimum Gasteiger partial charge on any atom is -0.310 e. The van der Waals surface area contributed by atoms with Gasteiger partial charge >= 0.3 is 0 Å². The largest absolute Gasteiger partial charge is 0.310 e. The van der Waals surface area contributed by atoms with Crippen molar-refractivity contribution in [2.45, 2.75) is 25.3 Å². The normalized spacial score (nSPS) is 19.8. The van der Waals surface area contributed by atoms with E-state index in [1.807, 2.05) is 0 Å². The highest BCUT2D eigenvalue weighted by Gasteiger charge is 2.17. The first-order chi connectivity index (χ1) is 6.92. The van der Waals surface area contributed by atoms with Crippen molar-refractivity contribution in [3.05, 3.63) is 35.4 Å². The molecular formula is C13H15N. The molecule has 1 aromatic carbocycles. The topological polar surface area (TPSA) is 12.0 Å². The number of terminal acetylenes is 1. The van der Waals surface area contributed by atoms with Gasteiger partial charge in [0.2, 0.25) is 0 Å². The molecule has 0 spiro atoms. The van der Waals surface area contributed by atoms with Gasteiger partial charge < -0.3 is 5.32 Å². The zero-order valence-electron chi connectivity index (χ0n) is 8.29. The second kappa shape index (κ2) is 4.30. The maximum absolute atomic E-state index is 5.29. The lowest BCUT2D eigenvalue weighted by atomic mass is 9.92. The molecule has 0 bridgehead atoms. The second-order valence-corrected chi connectivity index (χ2v) is 3.70. The van der Waals surface area contributed by atoms with E-state index in [1.165, 1.54) is 11.1 Å². The number of hydrogen-bond acceptors (Lipinski definition) is 1. The third-order valence-electron chi connectivity index (χ3n) is 2.79. The van der Waals surface area contributed by atoms with Gasteiger partial charge in [-0.05, 0) is 30.5 Å². The van der Waals surface area contributed by atoms with Crippen LogP contribution in [0.25, 0.3) is 0 Å². The van der Waals surface area contributed by atoms with Crippen LogP contribution in [-0.4, -0.2) is 6.54 Å². The van der Waals surface area contributed by atoms with Crippen molar-refractivity contribution in [2.75, 3.05) is 6.54 Å². The standard InChI is InChI=1S/C13H15N/c1-2-3-8-13-12-7-5-4-6-11(12)9-10-14-13/h1,4-7,13-14H,3,8-10H2. The van der Waals surface area contributed by atoms with Crippen LogP contribution < -0.4 is 5.32 Å². The highest BCUT2D eigenvalue weighted by molar-refractivity contribution is 5.32. The van der Waals surface area contributed by atoms with Crippen LogP contribution in [0.2, 0.25) is 0 Å². The monoisotopic (exact) mass is 185 g/mol. The van der Waals surface area contributed by atoms with Crippen molar-refractivity contribution < 1.29 is 0 Å². The van der Waals surface area contributed by atoms with Crippen molar-refractivity contribution in [1.82, 2.24) is 5.32 Å². The summed E-state index contributed by atoms with van der Waals surface area (Å²) in [4.78, 5) is 0. The highest BCUT2D eigenvalue weighted by Crippen LogP contribution is 2.25. The first-order valence-electron chi connectivity index (χ1n) is 5.16. The second-order valence-electron chi connectivity index (χ2n) is 3.70. The number of hydrogen-bond donors (Lipinski definition) is 1. The summed E-state index contributed by atoms with van der Waals surface area (Å²) in [5.74, 6) is 2.71. The molecular weight excluding hydrogens is 170 g/mol. The third-order valence-corrected chi connectivity index (χ3v) is 2.79. The van der Waals surface area contributed by atoms with Gasteiger partial charge in [-0.2, -0.15) is 0 Å². The molecule has 1 heterocycles. The van der Waals surface area contributed by atoms with Gasteiger partial charge in [0.05, 0.1) is 0 Å². The molecule has 0 saturated heterocycles. The van der Waals surface area contributed by atoms with Crippen LogP contribution in [0.1, 0.15) is 30.0 Å². The molecule has 0 amide bonds. The van der Waals surface area contributed by atoms with Gasteiger partial charge in [-0.1, -0.05) is 24.3 Å². The van der Waals surface area contributed by atoms with Crippen molar-refractivity contribution in [3.8, 4) is 12.3 Å². The van der Waals surface area contributed by atoms with Crippen molar-refractivity contribution in [1.29, 1.82) is 0 Å². The van der Waals surface area contributed by atoms with Gasteiger partial charge in [0.1, 0.15) is 0 Å². The Morgan fingerprint density at radius 2 is 2.29 bits per heavy atom. The summed E-state index contributed by atoms with van der Waals surface area (Å²) >= 11 is 0. The van der Waals surface area contributed by atoms with Crippen molar-refractivity contribution >= 4 is 0 Å². The first kappa shape index (κ1) is 9.30. The maximum atomic E-state index is 5.29. The lowest BCUT2D eigenvalue weighted by molar-refractivity contribution is 0.481. The number of rotatable bonds is 2. The fourth-order valence-electron chi connectivity index (χ4n) is 2.08. The minimum absolute atomic E-state index is 0.469. The van der Waals surface area contributed by atoms with Gasteiger partial charge in [0.15, 0.2) is 0 Å². The van der Waals surface area contributed by atoms with E-state index in [2.05, 4.69) is 35.5 Å². The molecule has 1 N–H and O–H groups in total. The fourth-order valence-corrected chi connectivity index (χ4v) is 2.08. The lowest BCUT2D eigenvalue weighted by Crippen LogP contribution is -2.29. The van der Waals surface area contributed by atoms with Gasteiger partial charge in [0, 0.05) is 12.5 Å². The Labute approximate surface area is 85.5 Å². The Bertz CT molecular complexity index is 348. The summed E-state index contributed by atoms with van der Waals surface area (Å²) in [6, 6.07) is 9.12. The molecule has 1 aliphatic heterocycles. The van der Waals surface area contributed by atoms with Gasteiger partial charge in [-0.25, -0.2) is 0 Å². The van der Waals surface area contributed by atoms with E-state index in [9.17, 15) is 0 Å². The van der Waals surface area contributed by atoms with Gasteiger partial charge in [0.25, 0.3) is 0 Å². The Balaban J connectivity index is 2.18. The number of nitrogens with one attached hydrogen (secondary N) is 1. The summed E-state index contributed by atoms with van der Waals surface area (Å²) in [7, 11) is 0. The molecule has 72 valence electrons. The Morgan fingerprint density at radius 3 is 3.14 bits per heavy atom. The van der Waals surface area contributed by atoms with E-state index in [4.69, 9.17) is 6.42 Å². The van der Waals surface area contributed by atoms with E-state index in [0.29, 0.717) is 6.04 Å². The molecule has 1 aliphatic rings. The molecule has 1 nitrogen and oxygen atoms in total. The van der Waals surface area contributed by atoms with Crippen LogP contribution in [0.5, 0.6) is 0 Å². The first-order valence-corrected chi connectivity index (χ1v) is 5.16. The molecule has 14 heavy (non-hydrogen) atoms. The summed E-state index contributed by atoms with van der Waals surface area (Å²) in [6.45, 7) is 1.08. The molecule has 1 unspecified atom stereocenters. The fraction of sp³-hybridized carbons (Fsp3) is 0.385. The lowest BCUT2D eigenvalue weighted by Gasteiger charge is -2.26. The SMILES string of the molecule is C#CCCC1NCCc2ccccc21. The van der Waals surface area contributed by atoms with E-state index >= 15 is 0 Å². The highest BCUT2D eigenvalue weighted by atomic mass is 14.9. The Morgan fingerprint density at radius 1 is 1.43 bits per heavy atom. The van der Waals surface area contributed by atoms with E-state index in [-0.39, 0.29) is 0 Å². The third kappa shape index (κ3) is 1.81. The quantitative estimate of drug-likeness (QED) is 0.697. The molecule has 2 rings (SSSR count). The summed E-state index contributed by atoms with van der Waals surface area (Å²) < 4.78 is 0. The molecule has 0 aliphatic carbocycles. The zero-order valence-corrected chi connectivity index (χ0v) is 8.29. The van der Waals surface area contributed by atoms with Crippen LogP contribution in [0, 0.1) is 12.3 Å². The summed E-state index contributed by atoms with van der Waals surface area (Å²) in [6.07, 6.45) is 8.33. The predicted octanol–water partition coefficient (Wildman–Crippen LogP) is 2.29. The smallest absolute Gasteiger partial charge is 0.0332 e. The van der Waals surface area contributed by atoms with Crippen LogP contribution in [-0.2, 0) is 6.42 Å². The van der Waals surface area contributed by atoms with Crippen LogP contribution >= 0.6 is 0 Å². The predicted molar refractivity (Wildman–Crippen MR) is 59.0 cm³/mol. The number of benzene rings is 1. The molecule has 0 fully saturated rings. The van der Waals surface area contributed by atoms with Gasteiger partial charge in [-0.3, -0.25) is 0 Å². The van der Waals surface area contributed by atoms with Crippen LogP contribution in [0.4, 0.5) is 0 Å². The molecule has 0 aromatic heterocycles. The molecule has 1 aromatic rings. The van der Waals surface area contributed by atoms with E-state index < -0.39 is 0 Å². The van der Waals surface area contributed by atoms with Crippen LogP contribution in [0.15, 0.2) is 24.3 Å². The summed E-state index contributed by atoms with van der Waals surface area (Å²) in [5, 5.41) is 3.51. The van der Waals surface area contributed by atoms with Gasteiger partial charge in [-0.15, -0.1) is 12.3 Å². The Kier molecular flexibility index (Phi) is 2.86.